The fourth-order valence-corrected chi connectivity index (χ4v) is 8.82. The minimum absolute atomic E-state index is 0.719. The van der Waals surface area contributed by atoms with Crippen LogP contribution in [0, 0.1) is 0 Å². The second-order valence-corrected chi connectivity index (χ2v) is 10.6. The first kappa shape index (κ1) is 12.6. The molecule has 1 unspecified atom stereocenters. The fourth-order valence-electron chi connectivity index (χ4n) is 2.15. The minimum Gasteiger partial charge on any atom is -0.445 e. The summed E-state index contributed by atoms with van der Waals surface area (Å²) < 4.78 is 16.8. The van der Waals surface area contributed by atoms with Gasteiger partial charge in [-0.2, -0.15) is 0 Å². The molecule has 0 spiro atoms. The number of hydrogen-bond donors (Lipinski definition) is 0. The van der Waals surface area contributed by atoms with E-state index in [0.29, 0.717) is 0 Å². The summed E-state index contributed by atoms with van der Waals surface area (Å²) in [4.78, 5) is 0. The van der Waals surface area contributed by atoms with Crippen molar-refractivity contribution in [2.75, 3.05) is 7.11 Å². The Morgan fingerprint density at radius 2 is 1.93 bits per heavy atom. The highest BCUT2D eigenvalue weighted by Gasteiger charge is 2.39. The van der Waals surface area contributed by atoms with Gasteiger partial charge in [-0.15, -0.1) is 0 Å². The van der Waals surface area contributed by atoms with Gasteiger partial charge in [-0.05, 0) is 19.4 Å². The molecule has 3 nitrogen and oxygen atoms in total. The Morgan fingerprint density at radius 1 is 1.29 bits per heavy atom. The summed E-state index contributed by atoms with van der Waals surface area (Å²) in [6, 6.07) is 0. The molecule has 1 aliphatic carbocycles. The van der Waals surface area contributed by atoms with Gasteiger partial charge < -0.3 is 12.7 Å². The number of hydrogen-bond acceptors (Lipinski definition) is 3. The average Bonchev–Trinajstić information content (AvgIpc) is 2.27. The van der Waals surface area contributed by atoms with E-state index < -0.39 is 18.6 Å². The van der Waals surface area contributed by atoms with Gasteiger partial charge in [0.1, 0.15) is 10.5 Å². The average molecular weight is 251 g/mol. The predicted octanol–water partition coefficient (Wildman–Crippen LogP) is 0.351. The molecule has 6 heteroatoms. The van der Waals surface area contributed by atoms with E-state index in [-0.39, 0.29) is 0 Å². The fraction of sp³-hybridized carbons (Fsp3) is 1.00. The third kappa shape index (κ3) is 3.28. The lowest BCUT2D eigenvalue weighted by Gasteiger charge is -2.36. The SMILES string of the molecule is CO[SiH2]O[Si](C)(O[SiH3])C1CCCCC1. The predicted molar refractivity (Wildman–Crippen MR) is 66.1 cm³/mol. The molecule has 0 amide bonds. The van der Waals surface area contributed by atoms with Crippen LogP contribution in [0.3, 0.4) is 0 Å². The first-order chi connectivity index (χ1) is 6.73. The normalized spacial score (nSPS) is 24.4. The van der Waals surface area contributed by atoms with E-state index in [1.165, 1.54) is 32.1 Å². The van der Waals surface area contributed by atoms with Crippen LogP contribution in [-0.2, 0) is 12.7 Å². The molecule has 0 radical (unpaired) electrons. The summed E-state index contributed by atoms with van der Waals surface area (Å²) in [6.07, 6.45) is 6.72. The van der Waals surface area contributed by atoms with Crippen LogP contribution in [0.1, 0.15) is 32.1 Å². The van der Waals surface area contributed by atoms with Crippen LogP contribution in [-0.4, -0.2) is 36.2 Å². The quantitative estimate of drug-likeness (QED) is 0.659. The van der Waals surface area contributed by atoms with Crippen molar-refractivity contribution in [3.05, 3.63) is 0 Å². The maximum Gasteiger partial charge on any atom is 0.318 e. The van der Waals surface area contributed by atoms with Gasteiger partial charge >= 0.3 is 8.56 Å². The van der Waals surface area contributed by atoms with E-state index in [1.54, 1.807) is 7.11 Å². The number of rotatable bonds is 5. The molecule has 0 heterocycles. The Balaban J connectivity index is 2.47. The third-order valence-corrected chi connectivity index (χ3v) is 11.5. The molecule has 0 aliphatic heterocycles. The molecule has 1 saturated carbocycles. The largest absolute Gasteiger partial charge is 0.445 e. The molecule has 1 rings (SSSR count). The Hall–Kier alpha value is 0.531. The minimum atomic E-state index is -1.85. The van der Waals surface area contributed by atoms with Crippen LogP contribution in [0.15, 0.2) is 0 Å². The lowest BCUT2D eigenvalue weighted by Crippen LogP contribution is -2.45. The zero-order valence-corrected chi connectivity index (χ0v) is 14.0. The zero-order chi connectivity index (χ0) is 10.4. The van der Waals surface area contributed by atoms with E-state index in [4.69, 9.17) is 12.7 Å². The molecule has 1 fully saturated rings. The molecular weight excluding hydrogens is 228 g/mol. The van der Waals surface area contributed by atoms with Crippen LogP contribution in [0.2, 0.25) is 12.1 Å². The summed E-state index contributed by atoms with van der Waals surface area (Å²) in [5.74, 6) is 0. The van der Waals surface area contributed by atoms with Crippen LogP contribution < -0.4 is 0 Å². The van der Waals surface area contributed by atoms with Gasteiger partial charge in [-0.25, -0.2) is 0 Å². The van der Waals surface area contributed by atoms with Crippen LogP contribution in [0.4, 0.5) is 0 Å². The molecule has 0 aromatic carbocycles. The molecule has 0 aromatic rings. The molecule has 14 heavy (non-hydrogen) atoms. The van der Waals surface area contributed by atoms with E-state index in [0.717, 1.165) is 16.0 Å². The van der Waals surface area contributed by atoms with E-state index in [9.17, 15) is 0 Å². The Kier molecular flexibility index (Phi) is 5.57. The second kappa shape index (κ2) is 6.19. The highest BCUT2D eigenvalue weighted by atomic mass is 28.4. The molecule has 1 atom stereocenters. The van der Waals surface area contributed by atoms with Crippen LogP contribution in [0.5, 0.6) is 0 Å². The van der Waals surface area contributed by atoms with Gasteiger partial charge in [0.25, 0.3) is 10.0 Å². The van der Waals surface area contributed by atoms with Crippen molar-refractivity contribution in [1.82, 2.24) is 0 Å². The summed E-state index contributed by atoms with van der Waals surface area (Å²) >= 11 is 0. The maximum absolute atomic E-state index is 5.94. The van der Waals surface area contributed by atoms with Crippen molar-refractivity contribution < 1.29 is 12.7 Å². The van der Waals surface area contributed by atoms with Gasteiger partial charge in [0.2, 0.25) is 0 Å². The van der Waals surface area contributed by atoms with Gasteiger partial charge in [-0.3, -0.25) is 0 Å². The standard InChI is InChI=1S/C8H22O3Si3/c1-9-13-11-14(2,10-12)8-6-4-3-5-7-8/h8H,3-7,13H2,1-2,12H3. The lowest BCUT2D eigenvalue weighted by molar-refractivity contribution is 0.303. The topological polar surface area (TPSA) is 27.7 Å². The Bertz CT molecular complexity index is 164. The molecule has 0 bridgehead atoms. The summed E-state index contributed by atoms with van der Waals surface area (Å²) in [5, 5.41) is 0. The van der Waals surface area contributed by atoms with E-state index >= 15 is 0 Å². The van der Waals surface area contributed by atoms with Gasteiger partial charge in [-0.1, -0.05) is 19.3 Å². The van der Waals surface area contributed by atoms with Crippen molar-refractivity contribution in [2.24, 2.45) is 0 Å². The second-order valence-electron chi connectivity index (χ2n) is 4.11. The van der Waals surface area contributed by atoms with Crippen molar-refractivity contribution in [2.45, 2.75) is 44.2 Å². The molecule has 0 saturated heterocycles. The lowest BCUT2D eigenvalue weighted by atomic mass is 10.0. The summed E-state index contributed by atoms with van der Waals surface area (Å²) in [6.45, 7) is 2.22. The van der Waals surface area contributed by atoms with Crippen LogP contribution in [0.25, 0.3) is 0 Å². The highest BCUT2D eigenvalue weighted by molar-refractivity contribution is 6.73. The third-order valence-electron chi connectivity index (χ3n) is 3.22. The Morgan fingerprint density at radius 3 is 2.43 bits per heavy atom. The summed E-state index contributed by atoms with van der Waals surface area (Å²) in [5.41, 5.74) is 0.719. The molecule has 84 valence electrons. The monoisotopic (exact) mass is 250 g/mol. The van der Waals surface area contributed by atoms with E-state index in [2.05, 4.69) is 6.55 Å². The molecule has 0 aromatic heterocycles. The maximum atomic E-state index is 5.94. The summed E-state index contributed by atoms with van der Waals surface area (Å²) in [7, 11) is -0.0929. The van der Waals surface area contributed by atoms with Gasteiger partial charge in [0, 0.05) is 12.7 Å². The van der Waals surface area contributed by atoms with E-state index in [1.807, 2.05) is 0 Å². The van der Waals surface area contributed by atoms with Crippen molar-refractivity contribution in [3.63, 3.8) is 0 Å². The Labute approximate surface area is 93.4 Å². The smallest absolute Gasteiger partial charge is 0.318 e. The van der Waals surface area contributed by atoms with Crippen molar-refractivity contribution in [1.29, 1.82) is 0 Å². The highest BCUT2D eigenvalue weighted by Crippen LogP contribution is 2.37. The van der Waals surface area contributed by atoms with Gasteiger partial charge in [0.05, 0.1) is 0 Å². The van der Waals surface area contributed by atoms with Gasteiger partial charge in [0.15, 0.2) is 0 Å². The van der Waals surface area contributed by atoms with Crippen molar-refractivity contribution in [3.8, 4) is 0 Å². The first-order valence-electron chi connectivity index (χ1n) is 5.41. The zero-order valence-electron chi connectivity index (χ0n) is 9.54. The molecule has 1 aliphatic rings. The van der Waals surface area contributed by atoms with Crippen molar-refractivity contribution >= 4 is 29.1 Å². The van der Waals surface area contributed by atoms with Crippen LogP contribution >= 0.6 is 0 Å². The first-order valence-corrected chi connectivity index (χ1v) is 9.77. The molecule has 0 N–H and O–H groups in total. The molecular formula is C8H22O3Si3.